The van der Waals surface area contributed by atoms with E-state index in [-0.39, 0.29) is 11.9 Å². The van der Waals surface area contributed by atoms with Crippen LogP contribution in [0.1, 0.15) is 39.2 Å². The standard InChI is InChI=1S/C16H25N3O3/c1-11(2)14-7-5-6-8-15(14)22-13(4)19-16(21)18-10-9-17-12(3)20/h5-8,11,13H,9-10H2,1-4H3,(H,17,20)(H2,18,19,21). The van der Waals surface area contributed by atoms with Crippen molar-refractivity contribution < 1.29 is 14.3 Å². The Labute approximate surface area is 131 Å². The molecule has 3 amide bonds. The van der Waals surface area contributed by atoms with Crippen LogP contribution in [0, 0.1) is 0 Å². The van der Waals surface area contributed by atoms with Gasteiger partial charge in [0.05, 0.1) is 0 Å². The molecule has 1 unspecified atom stereocenters. The van der Waals surface area contributed by atoms with Crippen LogP contribution in [-0.4, -0.2) is 31.3 Å². The third-order valence-electron chi connectivity index (χ3n) is 2.96. The van der Waals surface area contributed by atoms with Gasteiger partial charge in [-0.25, -0.2) is 4.79 Å². The monoisotopic (exact) mass is 307 g/mol. The summed E-state index contributed by atoms with van der Waals surface area (Å²) in [6.45, 7) is 8.14. The first kappa shape index (κ1) is 17.8. The molecule has 0 radical (unpaired) electrons. The fourth-order valence-corrected chi connectivity index (χ4v) is 1.93. The first-order valence-electron chi connectivity index (χ1n) is 7.44. The van der Waals surface area contributed by atoms with Gasteiger partial charge in [0.2, 0.25) is 5.91 Å². The minimum atomic E-state index is -0.458. The average molecular weight is 307 g/mol. The van der Waals surface area contributed by atoms with Crippen LogP contribution in [0.3, 0.4) is 0 Å². The topological polar surface area (TPSA) is 79.5 Å². The second kappa shape index (κ2) is 8.92. The molecule has 0 fully saturated rings. The van der Waals surface area contributed by atoms with Crippen LogP contribution in [0.2, 0.25) is 0 Å². The molecule has 0 saturated carbocycles. The molecule has 3 N–H and O–H groups in total. The SMILES string of the molecule is CC(=O)NCCNC(=O)NC(C)Oc1ccccc1C(C)C. The molecule has 0 aliphatic rings. The number of nitrogens with one attached hydrogen (secondary N) is 3. The Bertz CT molecular complexity index is 503. The molecule has 0 aromatic heterocycles. The fraction of sp³-hybridized carbons (Fsp3) is 0.500. The van der Waals surface area contributed by atoms with Crippen LogP contribution in [0.15, 0.2) is 24.3 Å². The van der Waals surface area contributed by atoms with Crippen molar-refractivity contribution in [3.8, 4) is 5.75 Å². The molecule has 0 saturated heterocycles. The highest BCUT2D eigenvalue weighted by molar-refractivity contribution is 5.74. The highest BCUT2D eigenvalue weighted by atomic mass is 16.5. The van der Waals surface area contributed by atoms with Crippen LogP contribution in [0.4, 0.5) is 4.79 Å². The van der Waals surface area contributed by atoms with Gasteiger partial charge in [0, 0.05) is 20.0 Å². The molecule has 0 bridgehead atoms. The molecule has 0 spiro atoms. The van der Waals surface area contributed by atoms with E-state index in [1.54, 1.807) is 6.92 Å². The van der Waals surface area contributed by atoms with E-state index in [1.807, 2.05) is 24.3 Å². The molecule has 22 heavy (non-hydrogen) atoms. The Morgan fingerprint density at radius 2 is 1.73 bits per heavy atom. The Balaban J connectivity index is 2.41. The number of benzene rings is 1. The molecule has 1 atom stereocenters. The van der Waals surface area contributed by atoms with Crippen molar-refractivity contribution in [3.63, 3.8) is 0 Å². The number of amides is 3. The van der Waals surface area contributed by atoms with Crippen molar-refractivity contribution in [1.29, 1.82) is 0 Å². The van der Waals surface area contributed by atoms with Crippen molar-refractivity contribution in [2.24, 2.45) is 0 Å². The lowest BCUT2D eigenvalue weighted by Crippen LogP contribution is -2.45. The third-order valence-corrected chi connectivity index (χ3v) is 2.96. The zero-order valence-corrected chi connectivity index (χ0v) is 13.6. The normalized spacial score (nSPS) is 11.7. The summed E-state index contributed by atoms with van der Waals surface area (Å²) in [6, 6.07) is 7.44. The summed E-state index contributed by atoms with van der Waals surface area (Å²) in [5.74, 6) is 0.989. The molecule has 1 aromatic carbocycles. The number of ether oxygens (including phenoxy) is 1. The molecule has 6 heteroatoms. The number of para-hydroxylation sites is 1. The van der Waals surface area contributed by atoms with Gasteiger partial charge in [-0.15, -0.1) is 0 Å². The lowest BCUT2D eigenvalue weighted by Gasteiger charge is -2.20. The highest BCUT2D eigenvalue weighted by Crippen LogP contribution is 2.26. The van der Waals surface area contributed by atoms with E-state index in [0.29, 0.717) is 19.0 Å². The number of carbonyl (C=O) groups excluding carboxylic acids is 2. The van der Waals surface area contributed by atoms with E-state index in [0.717, 1.165) is 11.3 Å². The van der Waals surface area contributed by atoms with Gasteiger partial charge in [-0.05, 0) is 24.5 Å². The minimum Gasteiger partial charge on any atom is -0.471 e. The number of urea groups is 1. The Morgan fingerprint density at radius 3 is 2.36 bits per heavy atom. The number of hydrogen-bond donors (Lipinski definition) is 3. The zero-order chi connectivity index (χ0) is 16.5. The molecule has 122 valence electrons. The molecular weight excluding hydrogens is 282 g/mol. The smallest absolute Gasteiger partial charge is 0.317 e. The molecule has 1 aromatic rings. The largest absolute Gasteiger partial charge is 0.471 e. The van der Waals surface area contributed by atoms with Gasteiger partial charge in [0.25, 0.3) is 0 Å². The van der Waals surface area contributed by atoms with Crippen molar-refractivity contribution in [3.05, 3.63) is 29.8 Å². The second-order valence-corrected chi connectivity index (χ2v) is 5.34. The second-order valence-electron chi connectivity index (χ2n) is 5.34. The van der Waals surface area contributed by atoms with E-state index < -0.39 is 6.23 Å². The summed E-state index contributed by atoms with van der Waals surface area (Å²) >= 11 is 0. The van der Waals surface area contributed by atoms with E-state index in [4.69, 9.17) is 4.74 Å². The maximum atomic E-state index is 11.7. The zero-order valence-electron chi connectivity index (χ0n) is 13.6. The molecular formula is C16H25N3O3. The van der Waals surface area contributed by atoms with Crippen LogP contribution in [0.5, 0.6) is 5.75 Å². The molecule has 1 rings (SSSR count). The van der Waals surface area contributed by atoms with E-state index in [2.05, 4.69) is 29.8 Å². The molecule has 0 heterocycles. The molecule has 6 nitrogen and oxygen atoms in total. The third kappa shape index (κ3) is 6.47. The van der Waals surface area contributed by atoms with Gasteiger partial charge in [-0.2, -0.15) is 0 Å². The van der Waals surface area contributed by atoms with Gasteiger partial charge in [0.1, 0.15) is 5.75 Å². The van der Waals surface area contributed by atoms with Gasteiger partial charge in [0.15, 0.2) is 6.23 Å². The van der Waals surface area contributed by atoms with Gasteiger partial charge >= 0.3 is 6.03 Å². The number of rotatable bonds is 7. The lowest BCUT2D eigenvalue weighted by atomic mass is 10.0. The van der Waals surface area contributed by atoms with Crippen molar-refractivity contribution in [1.82, 2.24) is 16.0 Å². The number of hydrogen-bond acceptors (Lipinski definition) is 3. The van der Waals surface area contributed by atoms with Crippen LogP contribution in [-0.2, 0) is 4.79 Å². The number of carbonyl (C=O) groups is 2. The van der Waals surface area contributed by atoms with Crippen molar-refractivity contribution in [2.45, 2.75) is 39.8 Å². The molecule has 0 aliphatic carbocycles. The van der Waals surface area contributed by atoms with Crippen LogP contribution >= 0.6 is 0 Å². The fourth-order valence-electron chi connectivity index (χ4n) is 1.93. The Kier molecular flexibility index (Phi) is 7.22. The maximum Gasteiger partial charge on any atom is 0.317 e. The summed E-state index contributed by atoms with van der Waals surface area (Å²) in [5.41, 5.74) is 1.10. The quantitative estimate of drug-likeness (QED) is 0.532. The Hall–Kier alpha value is -2.24. The predicted octanol–water partition coefficient (Wildman–Crippen LogP) is 1.97. The van der Waals surface area contributed by atoms with Crippen LogP contribution < -0.4 is 20.7 Å². The first-order chi connectivity index (χ1) is 10.4. The summed E-state index contributed by atoms with van der Waals surface area (Å²) in [5, 5.41) is 7.95. The van der Waals surface area contributed by atoms with E-state index in [1.165, 1.54) is 6.92 Å². The van der Waals surface area contributed by atoms with E-state index in [9.17, 15) is 9.59 Å². The summed E-state index contributed by atoms with van der Waals surface area (Å²) in [4.78, 5) is 22.4. The van der Waals surface area contributed by atoms with E-state index >= 15 is 0 Å². The van der Waals surface area contributed by atoms with Gasteiger partial charge < -0.3 is 20.7 Å². The minimum absolute atomic E-state index is 0.121. The molecule has 0 aliphatic heterocycles. The Morgan fingerprint density at radius 1 is 1.09 bits per heavy atom. The summed E-state index contributed by atoms with van der Waals surface area (Å²) in [7, 11) is 0. The lowest BCUT2D eigenvalue weighted by molar-refractivity contribution is -0.118. The van der Waals surface area contributed by atoms with Crippen molar-refractivity contribution >= 4 is 11.9 Å². The average Bonchev–Trinajstić information content (AvgIpc) is 2.43. The summed E-state index contributed by atoms with van der Waals surface area (Å²) < 4.78 is 5.78. The first-order valence-corrected chi connectivity index (χ1v) is 7.44. The predicted molar refractivity (Wildman–Crippen MR) is 85.8 cm³/mol. The highest BCUT2D eigenvalue weighted by Gasteiger charge is 2.12. The maximum absolute atomic E-state index is 11.7. The summed E-state index contributed by atoms with van der Waals surface area (Å²) in [6.07, 6.45) is -0.458. The van der Waals surface area contributed by atoms with Crippen molar-refractivity contribution in [2.75, 3.05) is 13.1 Å². The van der Waals surface area contributed by atoms with Gasteiger partial charge in [-0.3, -0.25) is 4.79 Å². The van der Waals surface area contributed by atoms with Gasteiger partial charge in [-0.1, -0.05) is 32.0 Å². The van der Waals surface area contributed by atoms with Crippen LogP contribution in [0.25, 0.3) is 0 Å².